The maximum atomic E-state index is 6.33. The number of halogens is 2. The van der Waals surface area contributed by atoms with E-state index < -0.39 is 0 Å². The third-order valence-electron chi connectivity index (χ3n) is 3.39. The van der Waals surface area contributed by atoms with Crippen molar-refractivity contribution in [1.29, 1.82) is 0 Å². The van der Waals surface area contributed by atoms with Gasteiger partial charge in [0.1, 0.15) is 11.6 Å². The topological polar surface area (TPSA) is 49.8 Å². The summed E-state index contributed by atoms with van der Waals surface area (Å²) in [5.74, 6) is 1.62. The number of nitrogens with one attached hydrogen (secondary N) is 2. The quantitative estimate of drug-likeness (QED) is 0.609. The van der Waals surface area contributed by atoms with Gasteiger partial charge in [-0.25, -0.2) is 9.97 Å². The summed E-state index contributed by atoms with van der Waals surface area (Å²) >= 11 is 9.85. The molecule has 6 heteroatoms. The Labute approximate surface area is 148 Å². The lowest BCUT2D eigenvalue weighted by molar-refractivity contribution is 1.05. The minimum atomic E-state index is 0.687. The van der Waals surface area contributed by atoms with E-state index in [4.69, 9.17) is 11.6 Å². The van der Waals surface area contributed by atoms with Gasteiger partial charge in [0.15, 0.2) is 0 Å². The molecule has 0 saturated heterocycles. The Morgan fingerprint density at radius 3 is 2.61 bits per heavy atom. The molecule has 0 aliphatic rings. The van der Waals surface area contributed by atoms with E-state index >= 15 is 0 Å². The van der Waals surface area contributed by atoms with E-state index in [1.807, 2.05) is 49.5 Å². The first kappa shape index (κ1) is 16.0. The van der Waals surface area contributed by atoms with Crippen molar-refractivity contribution in [3.8, 4) is 0 Å². The van der Waals surface area contributed by atoms with Crippen LogP contribution in [0.4, 0.5) is 11.6 Å². The highest BCUT2D eigenvalue weighted by Gasteiger charge is 2.06. The zero-order valence-electron chi connectivity index (χ0n) is 12.6. The van der Waals surface area contributed by atoms with Gasteiger partial charge in [-0.2, -0.15) is 0 Å². The first-order valence-electron chi connectivity index (χ1n) is 7.28. The summed E-state index contributed by atoms with van der Waals surface area (Å²) in [6.45, 7) is 3.48. The molecule has 3 aromatic rings. The molecule has 0 amide bonds. The summed E-state index contributed by atoms with van der Waals surface area (Å²) in [6, 6.07) is 11.7. The number of benzene rings is 1. The molecule has 1 aromatic carbocycles. The van der Waals surface area contributed by atoms with Gasteiger partial charge in [0.05, 0.1) is 10.5 Å². The minimum absolute atomic E-state index is 0.687. The van der Waals surface area contributed by atoms with E-state index in [2.05, 4.69) is 36.5 Å². The molecule has 0 spiro atoms. The molecule has 3 rings (SSSR count). The van der Waals surface area contributed by atoms with E-state index in [0.29, 0.717) is 5.02 Å². The summed E-state index contributed by atoms with van der Waals surface area (Å²) in [4.78, 5) is 8.91. The molecule has 0 bridgehead atoms. The number of rotatable bonds is 5. The van der Waals surface area contributed by atoms with Gasteiger partial charge in [-0.05, 0) is 46.6 Å². The Hall–Kier alpha value is -1.85. The summed E-state index contributed by atoms with van der Waals surface area (Å²) in [5, 5.41) is 8.17. The highest BCUT2D eigenvalue weighted by molar-refractivity contribution is 9.10. The van der Waals surface area contributed by atoms with Gasteiger partial charge in [-0.15, -0.1) is 0 Å². The molecule has 0 fully saturated rings. The normalized spacial score (nSPS) is 10.7. The zero-order chi connectivity index (χ0) is 16.2. The third kappa shape index (κ3) is 3.92. The molecular weight excluding hydrogens is 376 g/mol. The van der Waals surface area contributed by atoms with Crippen LogP contribution in [-0.2, 0) is 0 Å². The standard InChI is InChI=1S/C17H16BrClN4/c1-11-5-6-15(22-10-11)20-7-8-21-16-9-14(19)12-3-2-4-13(18)17(12)23-16/h2-6,9-10H,7-8H2,1H3,(H,20,22)(H,21,23). The number of hydrogen-bond acceptors (Lipinski definition) is 4. The van der Waals surface area contributed by atoms with Crippen molar-refractivity contribution in [2.75, 3.05) is 23.7 Å². The molecule has 2 N–H and O–H groups in total. The van der Waals surface area contributed by atoms with Crippen LogP contribution in [0.15, 0.2) is 47.1 Å². The molecule has 0 aliphatic carbocycles. The number of anilines is 2. The number of para-hydroxylation sites is 1. The van der Waals surface area contributed by atoms with Crippen molar-refractivity contribution in [2.45, 2.75) is 6.92 Å². The van der Waals surface area contributed by atoms with Gasteiger partial charge in [0, 0.05) is 29.1 Å². The summed E-state index contributed by atoms with van der Waals surface area (Å²) in [7, 11) is 0. The third-order valence-corrected chi connectivity index (χ3v) is 4.34. The van der Waals surface area contributed by atoms with Crippen LogP contribution in [0, 0.1) is 6.92 Å². The first-order valence-corrected chi connectivity index (χ1v) is 8.46. The molecule has 0 radical (unpaired) electrons. The lowest BCUT2D eigenvalue weighted by atomic mass is 10.2. The highest BCUT2D eigenvalue weighted by Crippen LogP contribution is 2.29. The molecule has 118 valence electrons. The largest absolute Gasteiger partial charge is 0.368 e. The average Bonchev–Trinajstić information content (AvgIpc) is 2.54. The predicted molar refractivity (Wildman–Crippen MR) is 100 cm³/mol. The van der Waals surface area contributed by atoms with Gasteiger partial charge in [-0.3, -0.25) is 0 Å². The van der Waals surface area contributed by atoms with E-state index in [9.17, 15) is 0 Å². The fourth-order valence-corrected chi connectivity index (χ4v) is 2.93. The Kier molecular flexibility index (Phi) is 4.98. The molecular formula is C17H16BrClN4. The smallest absolute Gasteiger partial charge is 0.128 e. The lowest BCUT2D eigenvalue weighted by Gasteiger charge is -2.10. The number of aromatic nitrogens is 2. The van der Waals surface area contributed by atoms with Gasteiger partial charge in [0.2, 0.25) is 0 Å². The summed E-state index contributed by atoms with van der Waals surface area (Å²) in [5.41, 5.74) is 2.00. The van der Waals surface area contributed by atoms with Crippen LogP contribution in [0.3, 0.4) is 0 Å². The second-order valence-electron chi connectivity index (χ2n) is 5.20. The van der Waals surface area contributed by atoms with Gasteiger partial charge in [-0.1, -0.05) is 29.8 Å². The second kappa shape index (κ2) is 7.15. The van der Waals surface area contributed by atoms with E-state index in [1.165, 1.54) is 0 Å². The van der Waals surface area contributed by atoms with E-state index in [0.717, 1.165) is 45.7 Å². The molecule has 0 saturated carbocycles. The van der Waals surface area contributed by atoms with Crippen LogP contribution in [-0.4, -0.2) is 23.1 Å². The maximum Gasteiger partial charge on any atom is 0.128 e. The van der Waals surface area contributed by atoms with Gasteiger partial charge in [0.25, 0.3) is 0 Å². The minimum Gasteiger partial charge on any atom is -0.368 e. The molecule has 2 heterocycles. The molecule has 0 atom stereocenters. The number of nitrogens with zero attached hydrogens (tertiary/aromatic N) is 2. The fourth-order valence-electron chi connectivity index (χ4n) is 2.22. The van der Waals surface area contributed by atoms with E-state index in [-0.39, 0.29) is 0 Å². The summed E-state index contributed by atoms with van der Waals surface area (Å²) in [6.07, 6.45) is 1.85. The van der Waals surface area contributed by atoms with Crippen molar-refractivity contribution in [1.82, 2.24) is 9.97 Å². The van der Waals surface area contributed by atoms with Gasteiger partial charge < -0.3 is 10.6 Å². The maximum absolute atomic E-state index is 6.33. The van der Waals surface area contributed by atoms with Crippen molar-refractivity contribution in [3.63, 3.8) is 0 Å². The lowest BCUT2D eigenvalue weighted by Crippen LogP contribution is -2.15. The monoisotopic (exact) mass is 390 g/mol. The zero-order valence-corrected chi connectivity index (χ0v) is 14.9. The highest BCUT2D eigenvalue weighted by atomic mass is 79.9. The fraction of sp³-hybridized carbons (Fsp3) is 0.176. The number of fused-ring (bicyclic) bond motifs is 1. The van der Waals surface area contributed by atoms with Crippen molar-refractivity contribution in [2.24, 2.45) is 0 Å². The SMILES string of the molecule is Cc1ccc(NCCNc2cc(Cl)c3cccc(Br)c3n2)nc1. The first-order chi connectivity index (χ1) is 11.1. The van der Waals surface area contributed by atoms with Crippen molar-refractivity contribution in [3.05, 3.63) is 57.7 Å². The van der Waals surface area contributed by atoms with Crippen LogP contribution in [0.2, 0.25) is 5.02 Å². The van der Waals surface area contributed by atoms with Crippen molar-refractivity contribution >= 4 is 50.1 Å². The Balaban J connectivity index is 1.63. The van der Waals surface area contributed by atoms with E-state index in [1.54, 1.807) is 0 Å². The van der Waals surface area contributed by atoms with Crippen molar-refractivity contribution < 1.29 is 0 Å². The number of aryl methyl sites for hydroxylation is 1. The van der Waals surface area contributed by atoms with Crippen LogP contribution >= 0.6 is 27.5 Å². The van der Waals surface area contributed by atoms with Crippen LogP contribution in [0.5, 0.6) is 0 Å². The predicted octanol–water partition coefficient (Wildman–Crippen LogP) is 4.88. The Morgan fingerprint density at radius 1 is 1.09 bits per heavy atom. The van der Waals surface area contributed by atoms with Crippen LogP contribution in [0.1, 0.15) is 5.56 Å². The molecule has 0 unspecified atom stereocenters. The van der Waals surface area contributed by atoms with Crippen LogP contribution < -0.4 is 10.6 Å². The Bertz CT molecular complexity index is 821. The van der Waals surface area contributed by atoms with Crippen LogP contribution in [0.25, 0.3) is 10.9 Å². The number of hydrogen-bond donors (Lipinski definition) is 2. The molecule has 2 aromatic heterocycles. The summed E-state index contributed by atoms with van der Waals surface area (Å²) < 4.78 is 0.933. The molecule has 0 aliphatic heterocycles. The molecule has 4 nitrogen and oxygen atoms in total. The van der Waals surface area contributed by atoms with Gasteiger partial charge >= 0.3 is 0 Å². The second-order valence-corrected chi connectivity index (χ2v) is 6.46. The molecule has 23 heavy (non-hydrogen) atoms. The number of pyridine rings is 2. The average molecular weight is 392 g/mol. The Morgan fingerprint density at radius 2 is 1.87 bits per heavy atom.